The van der Waals surface area contributed by atoms with Gasteiger partial charge in [-0.15, -0.1) is 0 Å². The summed E-state index contributed by atoms with van der Waals surface area (Å²) in [6.45, 7) is 3.19. The Morgan fingerprint density at radius 3 is 2.53 bits per heavy atom. The lowest BCUT2D eigenvalue weighted by Crippen LogP contribution is -2.04. The van der Waals surface area contributed by atoms with Crippen LogP contribution in [0.1, 0.15) is 21.5 Å². The highest BCUT2D eigenvalue weighted by molar-refractivity contribution is 9.06. The lowest BCUT2D eigenvalue weighted by Gasteiger charge is -2.04. The van der Waals surface area contributed by atoms with Gasteiger partial charge < -0.3 is 3.83 Å². The van der Waals surface area contributed by atoms with Crippen LogP contribution in [-0.2, 0) is 3.83 Å². The molecule has 1 aromatic carbocycles. The van der Waals surface area contributed by atoms with Gasteiger partial charge in [-0.05, 0) is 25.5 Å². The Balaban J connectivity index is 3.41. The van der Waals surface area contributed by atoms with Gasteiger partial charge in [0.15, 0.2) is 16.3 Å². The maximum absolute atomic E-state index is 11.3. The van der Waals surface area contributed by atoms with E-state index in [0.29, 0.717) is 11.1 Å². The molecule has 0 saturated heterocycles. The topological polar surface area (TPSA) is 69.4 Å². The summed E-state index contributed by atoms with van der Waals surface area (Å²) >= 11 is 2.55. The van der Waals surface area contributed by atoms with Crippen molar-refractivity contribution in [2.24, 2.45) is 0 Å². The first-order chi connectivity index (χ1) is 6.97. The highest BCUT2D eigenvalue weighted by atomic mass is 79.9. The molecule has 0 unspecified atom stereocenters. The summed E-state index contributed by atoms with van der Waals surface area (Å²) in [5, 5.41) is 10.7. The first kappa shape index (κ1) is 11.6. The van der Waals surface area contributed by atoms with Gasteiger partial charge in [0.2, 0.25) is 0 Å². The van der Waals surface area contributed by atoms with Crippen LogP contribution < -0.4 is 0 Å². The van der Waals surface area contributed by atoms with Crippen molar-refractivity contribution in [2.45, 2.75) is 13.8 Å². The number of nitro benzene ring substituents is 1. The number of aryl methyl sites for hydroxylation is 1. The molecule has 0 heterocycles. The van der Waals surface area contributed by atoms with E-state index in [1.807, 2.05) is 0 Å². The molecule has 1 aromatic rings. The van der Waals surface area contributed by atoms with E-state index in [0.717, 1.165) is 0 Å². The van der Waals surface area contributed by atoms with Gasteiger partial charge in [0.1, 0.15) is 0 Å². The van der Waals surface area contributed by atoms with Crippen molar-refractivity contribution >= 4 is 27.9 Å². The molecule has 0 fully saturated rings. The van der Waals surface area contributed by atoms with Crippen molar-refractivity contribution in [1.29, 1.82) is 0 Å². The number of benzene rings is 1. The van der Waals surface area contributed by atoms with Gasteiger partial charge in [0.05, 0.1) is 10.5 Å². The maximum Gasteiger partial charge on any atom is 0.350 e. The molecule has 0 aromatic heterocycles. The van der Waals surface area contributed by atoms with Gasteiger partial charge in [-0.3, -0.25) is 10.1 Å². The van der Waals surface area contributed by atoms with Crippen LogP contribution in [0, 0.1) is 24.0 Å². The Bertz CT molecular complexity index is 430. The summed E-state index contributed by atoms with van der Waals surface area (Å²) in [7, 11) is 0. The number of nitrogens with zero attached hydrogens (tertiary/aromatic N) is 1. The summed E-state index contributed by atoms with van der Waals surface area (Å²) in [4.78, 5) is 21.4. The minimum Gasteiger partial charge on any atom is -0.380 e. The average Bonchev–Trinajstić information content (AvgIpc) is 2.19. The molecule has 15 heavy (non-hydrogen) atoms. The number of nitro groups is 1. The van der Waals surface area contributed by atoms with E-state index in [4.69, 9.17) is 0 Å². The standard InChI is InChI=1S/C9H8BrNO4/c1-5-3-7(9(12)15-10)6(2)8(4-5)11(13)14/h3-4H,1-2H3. The molecular weight excluding hydrogens is 266 g/mol. The molecule has 1 rings (SSSR count). The third kappa shape index (κ3) is 2.33. The second kappa shape index (κ2) is 4.39. The summed E-state index contributed by atoms with van der Waals surface area (Å²) in [6.07, 6.45) is 0. The Kier molecular flexibility index (Phi) is 3.41. The Morgan fingerprint density at radius 2 is 2.07 bits per heavy atom. The predicted octanol–water partition coefficient (Wildman–Crippen LogP) is 2.68. The van der Waals surface area contributed by atoms with Crippen LogP contribution in [0.5, 0.6) is 0 Å². The van der Waals surface area contributed by atoms with E-state index >= 15 is 0 Å². The van der Waals surface area contributed by atoms with Crippen molar-refractivity contribution in [3.63, 3.8) is 0 Å². The first-order valence-corrected chi connectivity index (χ1v) is 4.70. The van der Waals surface area contributed by atoms with Crippen LogP contribution in [-0.4, -0.2) is 10.9 Å². The third-order valence-electron chi connectivity index (χ3n) is 2.01. The highest BCUT2D eigenvalue weighted by Crippen LogP contribution is 2.24. The largest absolute Gasteiger partial charge is 0.380 e. The summed E-state index contributed by atoms with van der Waals surface area (Å²) < 4.78 is 4.36. The van der Waals surface area contributed by atoms with Crippen LogP contribution in [0.2, 0.25) is 0 Å². The molecule has 0 aliphatic heterocycles. The lowest BCUT2D eigenvalue weighted by molar-refractivity contribution is -0.385. The van der Waals surface area contributed by atoms with Gasteiger partial charge in [-0.1, -0.05) is 0 Å². The fourth-order valence-corrected chi connectivity index (χ4v) is 1.46. The summed E-state index contributed by atoms with van der Waals surface area (Å²) in [5.74, 6) is -0.640. The fourth-order valence-electron chi connectivity index (χ4n) is 1.28. The van der Waals surface area contributed by atoms with Crippen molar-refractivity contribution in [3.8, 4) is 0 Å². The molecule has 0 aliphatic carbocycles. The fraction of sp³-hybridized carbons (Fsp3) is 0.222. The van der Waals surface area contributed by atoms with E-state index in [9.17, 15) is 14.9 Å². The zero-order valence-corrected chi connectivity index (χ0v) is 9.70. The third-order valence-corrected chi connectivity index (χ3v) is 2.31. The summed E-state index contributed by atoms with van der Waals surface area (Å²) in [6, 6.07) is 2.96. The van der Waals surface area contributed by atoms with E-state index in [1.165, 1.54) is 13.0 Å². The van der Waals surface area contributed by atoms with Crippen molar-refractivity contribution in [3.05, 3.63) is 38.9 Å². The van der Waals surface area contributed by atoms with Crippen molar-refractivity contribution in [2.75, 3.05) is 0 Å². The minimum absolute atomic E-state index is 0.0806. The monoisotopic (exact) mass is 273 g/mol. The number of hydrogen-bond donors (Lipinski definition) is 0. The molecule has 5 nitrogen and oxygen atoms in total. The zero-order chi connectivity index (χ0) is 11.6. The Morgan fingerprint density at radius 1 is 1.47 bits per heavy atom. The van der Waals surface area contributed by atoms with Crippen LogP contribution in [0.25, 0.3) is 0 Å². The van der Waals surface area contributed by atoms with E-state index in [1.54, 1.807) is 13.0 Å². The van der Waals surface area contributed by atoms with Crippen LogP contribution in [0.15, 0.2) is 12.1 Å². The molecule has 80 valence electrons. The van der Waals surface area contributed by atoms with E-state index in [-0.39, 0.29) is 11.3 Å². The Hall–Kier alpha value is -1.43. The van der Waals surface area contributed by atoms with Gasteiger partial charge in [-0.2, -0.15) is 0 Å². The molecule has 0 amide bonds. The Labute approximate surface area is 94.6 Å². The van der Waals surface area contributed by atoms with Gasteiger partial charge >= 0.3 is 5.97 Å². The van der Waals surface area contributed by atoms with Gasteiger partial charge in [-0.25, -0.2) is 4.79 Å². The molecule has 0 N–H and O–H groups in total. The van der Waals surface area contributed by atoms with Gasteiger partial charge in [0.25, 0.3) is 5.69 Å². The number of carbonyl (C=O) groups is 1. The van der Waals surface area contributed by atoms with E-state index in [2.05, 4.69) is 20.1 Å². The second-order valence-corrected chi connectivity index (χ2v) is 3.40. The van der Waals surface area contributed by atoms with Crippen LogP contribution >= 0.6 is 16.3 Å². The SMILES string of the molecule is Cc1cc(C(=O)OBr)c(C)c([N+](=O)[O-])c1. The average molecular weight is 274 g/mol. The van der Waals surface area contributed by atoms with Crippen LogP contribution in [0.4, 0.5) is 5.69 Å². The van der Waals surface area contributed by atoms with Crippen molar-refractivity contribution in [1.82, 2.24) is 0 Å². The number of rotatable bonds is 2. The van der Waals surface area contributed by atoms with Gasteiger partial charge in [0, 0.05) is 11.6 Å². The molecule has 0 saturated carbocycles. The first-order valence-electron chi connectivity index (χ1n) is 4.06. The highest BCUT2D eigenvalue weighted by Gasteiger charge is 2.19. The molecular formula is C9H8BrNO4. The number of hydrogen-bond acceptors (Lipinski definition) is 4. The lowest BCUT2D eigenvalue weighted by atomic mass is 10.0. The molecule has 6 heteroatoms. The summed E-state index contributed by atoms with van der Waals surface area (Å²) in [5.41, 5.74) is 1.05. The zero-order valence-electron chi connectivity index (χ0n) is 8.11. The molecule has 0 aliphatic rings. The molecule has 0 radical (unpaired) electrons. The number of carbonyl (C=O) groups excluding carboxylic acids is 1. The quantitative estimate of drug-likeness (QED) is 0.614. The smallest absolute Gasteiger partial charge is 0.350 e. The molecule has 0 spiro atoms. The normalized spacial score (nSPS) is 9.80. The second-order valence-electron chi connectivity index (χ2n) is 3.08. The maximum atomic E-state index is 11.3. The minimum atomic E-state index is -0.640. The predicted molar refractivity (Wildman–Crippen MR) is 56.9 cm³/mol. The van der Waals surface area contributed by atoms with Crippen LogP contribution in [0.3, 0.4) is 0 Å². The van der Waals surface area contributed by atoms with Crippen molar-refractivity contribution < 1.29 is 13.5 Å². The number of halogens is 1. The molecule has 0 atom stereocenters. The molecule has 0 bridgehead atoms. The van der Waals surface area contributed by atoms with E-state index < -0.39 is 10.9 Å².